The van der Waals surface area contributed by atoms with Crippen molar-refractivity contribution in [3.8, 4) is 0 Å². The van der Waals surface area contributed by atoms with Gasteiger partial charge in [0.25, 0.3) is 0 Å². The Balaban J connectivity index is 2.55. The Morgan fingerprint density at radius 2 is 2.00 bits per heavy atom. The molecule has 4 heteroatoms. The molecule has 0 bridgehead atoms. The Labute approximate surface area is 96.5 Å². The predicted octanol–water partition coefficient (Wildman–Crippen LogP) is 1.54. The molecule has 0 aromatic carbocycles. The summed E-state index contributed by atoms with van der Waals surface area (Å²) in [5.41, 5.74) is 6.19. The lowest BCUT2D eigenvalue weighted by molar-refractivity contribution is -0.125. The Kier molecular flexibility index (Phi) is 3.73. The molecule has 0 saturated heterocycles. The van der Waals surface area contributed by atoms with Gasteiger partial charge in [0.2, 0.25) is 5.91 Å². The van der Waals surface area contributed by atoms with Gasteiger partial charge in [-0.3, -0.25) is 15.0 Å². The number of hydrazine groups is 1. The first kappa shape index (κ1) is 12.7. The SMILES string of the molecule is CC(C)C(=O)NNC1=CC(=O)CC(C)(C)C1. The maximum atomic E-state index is 11.4. The van der Waals surface area contributed by atoms with E-state index in [1.807, 2.05) is 27.7 Å². The van der Waals surface area contributed by atoms with Crippen molar-refractivity contribution in [2.75, 3.05) is 0 Å². The highest BCUT2D eigenvalue weighted by molar-refractivity contribution is 5.91. The van der Waals surface area contributed by atoms with Crippen molar-refractivity contribution in [2.45, 2.75) is 40.5 Å². The molecule has 0 atom stereocenters. The predicted molar refractivity (Wildman–Crippen MR) is 62.2 cm³/mol. The van der Waals surface area contributed by atoms with E-state index in [1.54, 1.807) is 6.08 Å². The van der Waals surface area contributed by atoms with Crippen LogP contribution in [0, 0.1) is 11.3 Å². The van der Waals surface area contributed by atoms with Gasteiger partial charge in [-0.1, -0.05) is 27.7 Å². The number of carbonyl (C=O) groups is 2. The number of allylic oxidation sites excluding steroid dienone is 2. The van der Waals surface area contributed by atoms with Crippen molar-refractivity contribution in [1.29, 1.82) is 0 Å². The van der Waals surface area contributed by atoms with Crippen LogP contribution < -0.4 is 10.9 Å². The Morgan fingerprint density at radius 3 is 2.50 bits per heavy atom. The largest absolute Gasteiger partial charge is 0.303 e. The molecule has 1 rings (SSSR count). The smallest absolute Gasteiger partial charge is 0.240 e. The quantitative estimate of drug-likeness (QED) is 0.715. The summed E-state index contributed by atoms with van der Waals surface area (Å²) in [6, 6.07) is 0. The van der Waals surface area contributed by atoms with Crippen LogP contribution in [0.5, 0.6) is 0 Å². The van der Waals surface area contributed by atoms with Gasteiger partial charge in [-0.05, 0) is 11.8 Å². The highest BCUT2D eigenvalue weighted by atomic mass is 16.2. The number of amides is 1. The Morgan fingerprint density at radius 1 is 1.38 bits per heavy atom. The molecule has 0 unspecified atom stereocenters. The van der Waals surface area contributed by atoms with Crippen molar-refractivity contribution in [2.24, 2.45) is 11.3 Å². The summed E-state index contributed by atoms with van der Waals surface area (Å²) in [6.45, 7) is 7.73. The van der Waals surface area contributed by atoms with Crippen LogP contribution in [0.2, 0.25) is 0 Å². The molecule has 4 nitrogen and oxygen atoms in total. The summed E-state index contributed by atoms with van der Waals surface area (Å²) >= 11 is 0. The van der Waals surface area contributed by atoms with E-state index in [2.05, 4.69) is 10.9 Å². The summed E-state index contributed by atoms with van der Waals surface area (Å²) in [5, 5.41) is 0. The molecular weight excluding hydrogens is 204 g/mol. The molecule has 0 heterocycles. The Hall–Kier alpha value is -1.32. The second-order valence-corrected chi connectivity index (χ2v) is 5.42. The molecule has 0 radical (unpaired) electrons. The second kappa shape index (κ2) is 4.68. The number of nitrogens with one attached hydrogen (secondary N) is 2. The average molecular weight is 224 g/mol. The zero-order valence-corrected chi connectivity index (χ0v) is 10.4. The minimum absolute atomic E-state index is 0.0310. The van der Waals surface area contributed by atoms with Crippen molar-refractivity contribution >= 4 is 11.7 Å². The van der Waals surface area contributed by atoms with Crippen molar-refractivity contribution < 1.29 is 9.59 Å². The molecule has 90 valence electrons. The fourth-order valence-corrected chi connectivity index (χ4v) is 1.71. The molecule has 2 N–H and O–H groups in total. The van der Waals surface area contributed by atoms with Crippen LogP contribution in [-0.2, 0) is 9.59 Å². The van der Waals surface area contributed by atoms with Crippen LogP contribution in [0.15, 0.2) is 11.8 Å². The van der Waals surface area contributed by atoms with Crippen LogP contribution in [0.25, 0.3) is 0 Å². The van der Waals surface area contributed by atoms with Gasteiger partial charge in [-0.15, -0.1) is 0 Å². The van der Waals surface area contributed by atoms with Crippen molar-refractivity contribution in [3.63, 3.8) is 0 Å². The first-order valence-electron chi connectivity index (χ1n) is 5.59. The third-order valence-corrected chi connectivity index (χ3v) is 2.53. The fraction of sp³-hybridized carbons (Fsp3) is 0.667. The minimum Gasteiger partial charge on any atom is -0.303 e. The number of ketones is 1. The number of carbonyl (C=O) groups excluding carboxylic acids is 2. The van der Waals surface area contributed by atoms with E-state index >= 15 is 0 Å². The van der Waals surface area contributed by atoms with E-state index in [0.29, 0.717) is 6.42 Å². The number of hydrogen-bond acceptors (Lipinski definition) is 3. The molecule has 0 aliphatic heterocycles. The normalized spacial score (nSPS) is 19.3. The minimum atomic E-state index is -0.0725. The highest BCUT2D eigenvalue weighted by Crippen LogP contribution is 2.32. The fourth-order valence-electron chi connectivity index (χ4n) is 1.71. The topological polar surface area (TPSA) is 58.2 Å². The lowest BCUT2D eigenvalue weighted by Crippen LogP contribution is -2.41. The first-order chi connectivity index (χ1) is 7.30. The van der Waals surface area contributed by atoms with Crippen LogP contribution in [0.3, 0.4) is 0 Å². The standard InChI is InChI=1S/C12H20N2O2/c1-8(2)11(16)14-13-9-5-10(15)7-12(3,4)6-9/h5,8,13H,6-7H2,1-4H3,(H,14,16). The molecule has 0 saturated carbocycles. The molecular formula is C12H20N2O2. The van der Waals surface area contributed by atoms with Crippen LogP contribution in [0.1, 0.15) is 40.5 Å². The van der Waals surface area contributed by atoms with Gasteiger partial charge in [-0.2, -0.15) is 0 Å². The number of rotatable bonds is 3. The monoisotopic (exact) mass is 224 g/mol. The average Bonchev–Trinajstić information content (AvgIpc) is 2.10. The van der Waals surface area contributed by atoms with Gasteiger partial charge in [-0.25, -0.2) is 0 Å². The number of hydrogen-bond donors (Lipinski definition) is 2. The molecule has 1 amide bonds. The van der Waals surface area contributed by atoms with Crippen LogP contribution >= 0.6 is 0 Å². The van der Waals surface area contributed by atoms with Crippen LogP contribution in [0.4, 0.5) is 0 Å². The van der Waals surface area contributed by atoms with Gasteiger partial charge in [0, 0.05) is 24.1 Å². The van der Waals surface area contributed by atoms with Gasteiger partial charge < -0.3 is 5.43 Å². The third-order valence-electron chi connectivity index (χ3n) is 2.53. The first-order valence-corrected chi connectivity index (χ1v) is 5.59. The second-order valence-electron chi connectivity index (χ2n) is 5.42. The van der Waals surface area contributed by atoms with Gasteiger partial charge in [0.05, 0.1) is 0 Å². The lowest BCUT2D eigenvalue weighted by Gasteiger charge is -2.29. The summed E-state index contributed by atoms with van der Waals surface area (Å²) in [5.74, 6) is -0.0327. The molecule has 0 fully saturated rings. The van der Waals surface area contributed by atoms with Gasteiger partial charge in [0.1, 0.15) is 0 Å². The van der Waals surface area contributed by atoms with Crippen molar-refractivity contribution in [3.05, 3.63) is 11.8 Å². The lowest BCUT2D eigenvalue weighted by atomic mass is 9.79. The van der Waals surface area contributed by atoms with E-state index in [4.69, 9.17) is 0 Å². The van der Waals surface area contributed by atoms with Gasteiger partial charge >= 0.3 is 0 Å². The molecule has 1 aliphatic carbocycles. The van der Waals surface area contributed by atoms with E-state index in [-0.39, 0.29) is 23.0 Å². The van der Waals surface area contributed by atoms with E-state index in [0.717, 1.165) is 12.1 Å². The molecule has 1 aliphatic rings. The summed E-state index contributed by atoms with van der Waals surface area (Å²) < 4.78 is 0. The zero-order chi connectivity index (χ0) is 12.3. The molecule has 0 aromatic heterocycles. The van der Waals surface area contributed by atoms with Crippen molar-refractivity contribution in [1.82, 2.24) is 10.9 Å². The zero-order valence-electron chi connectivity index (χ0n) is 10.4. The Bertz CT molecular complexity index is 330. The van der Waals surface area contributed by atoms with Crippen LogP contribution in [-0.4, -0.2) is 11.7 Å². The molecule has 0 aromatic rings. The summed E-state index contributed by atoms with van der Waals surface area (Å²) in [7, 11) is 0. The molecule has 0 spiro atoms. The van der Waals surface area contributed by atoms with Gasteiger partial charge in [0.15, 0.2) is 5.78 Å². The maximum absolute atomic E-state index is 11.4. The third kappa shape index (κ3) is 3.68. The highest BCUT2D eigenvalue weighted by Gasteiger charge is 2.27. The molecule has 16 heavy (non-hydrogen) atoms. The summed E-state index contributed by atoms with van der Waals surface area (Å²) in [6.07, 6.45) is 2.92. The maximum Gasteiger partial charge on any atom is 0.240 e. The van der Waals surface area contributed by atoms with E-state index < -0.39 is 0 Å². The van der Waals surface area contributed by atoms with E-state index in [1.165, 1.54) is 0 Å². The summed E-state index contributed by atoms with van der Waals surface area (Å²) in [4.78, 5) is 22.8. The van der Waals surface area contributed by atoms with E-state index in [9.17, 15) is 9.59 Å².